The zero-order chi connectivity index (χ0) is 22.1. The van der Waals surface area contributed by atoms with Gasteiger partial charge in [-0.05, 0) is 79.1 Å². The Morgan fingerprint density at radius 2 is 1.61 bits per heavy atom. The van der Waals surface area contributed by atoms with Gasteiger partial charge in [0.15, 0.2) is 0 Å². The van der Waals surface area contributed by atoms with E-state index in [-0.39, 0.29) is 5.57 Å². The molecule has 0 atom stereocenters. The van der Waals surface area contributed by atoms with Crippen molar-refractivity contribution in [1.29, 1.82) is 0 Å². The number of amides is 4. The molecular weight excluding hydrogens is 394 g/mol. The summed E-state index contributed by atoms with van der Waals surface area (Å²) in [7, 11) is 1.60. The number of aryl methyl sites for hydroxylation is 2. The largest absolute Gasteiger partial charge is 0.497 e. The van der Waals surface area contributed by atoms with Crippen LogP contribution < -0.4 is 15.0 Å². The minimum Gasteiger partial charge on any atom is -0.497 e. The molecule has 7 nitrogen and oxygen atoms in total. The Morgan fingerprint density at radius 1 is 0.903 bits per heavy atom. The van der Waals surface area contributed by atoms with E-state index in [9.17, 15) is 14.4 Å². The van der Waals surface area contributed by atoms with Gasteiger partial charge in [-0.25, -0.2) is 9.69 Å². The molecule has 1 aliphatic rings. The number of nitrogens with one attached hydrogen (secondary N) is 1. The van der Waals surface area contributed by atoms with Crippen molar-refractivity contribution in [2.24, 2.45) is 0 Å². The van der Waals surface area contributed by atoms with Crippen molar-refractivity contribution in [3.63, 3.8) is 0 Å². The van der Waals surface area contributed by atoms with Crippen LogP contribution in [0, 0.1) is 13.8 Å². The molecule has 0 spiro atoms. The molecule has 0 saturated carbocycles. The summed E-state index contributed by atoms with van der Waals surface area (Å²) in [6.07, 6.45) is 5.11. The number of nitrogens with zero attached hydrogens (tertiary/aromatic N) is 2. The molecule has 1 aliphatic heterocycles. The van der Waals surface area contributed by atoms with Gasteiger partial charge in [0.05, 0.1) is 12.8 Å². The Hall–Kier alpha value is -4.13. The molecule has 0 aliphatic carbocycles. The zero-order valence-electron chi connectivity index (χ0n) is 17.4. The number of benzene rings is 2. The average molecular weight is 415 g/mol. The molecule has 7 heteroatoms. The molecule has 1 aromatic heterocycles. The van der Waals surface area contributed by atoms with Gasteiger partial charge in [-0.2, -0.15) is 0 Å². The number of imide groups is 2. The zero-order valence-corrected chi connectivity index (χ0v) is 17.4. The number of barbiturate groups is 1. The van der Waals surface area contributed by atoms with Crippen molar-refractivity contribution in [3.8, 4) is 11.4 Å². The van der Waals surface area contributed by atoms with Crippen molar-refractivity contribution in [2.45, 2.75) is 13.8 Å². The number of anilines is 1. The molecule has 1 saturated heterocycles. The second-order valence-electron chi connectivity index (χ2n) is 7.28. The van der Waals surface area contributed by atoms with Crippen LogP contribution in [0.3, 0.4) is 0 Å². The molecule has 3 aromatic rings. The summed E-state index contributed by atoms with van der Waals surface area (Å²) in [4.78, 5) is 38.8. The lowest BCUT2D eigenvalue weighted by atomic mass is 10.1. The standard InChI is InChI=1S/C24H21N3O4/c1-15-4-5-19(12-16(15)2)27-23(29)21(22(28)25-24(27)30)13-17-10-11-26(14-17)18-6-8-20(31-3)9-7-18/h4-14H,1-3H3,(H,25,28,30)/b21-13-. The summed E-state index contributed by atoms with van der Waals surface area (Å²) in [5.74, 6) is -0.625. The van der Waals surface area contributed by atoms with E-state index in [0.29, 0.717) is 11.3 Å². The number of methoxy groups -OCH3 is 1. The number of urea groups is 1. The first-order valence-corrected chi connectivity index (χ1v) is 9.68. The summed E-state index contributed by atoms with van der Waals surface area (Å²) < 4.78 is 7.03. The number of rotatable bonds is 4. The third-order valence-corrected chi connectivity index (χ3v) is 5.25. The van der Waals surface area contributed by atoms with Crippen LogP contribution in [0.2, 0.25) is 0 Å². The van der Waals surface area contributed by atoms with E-state index in [1.807, 2.05) is 54.9 Å². The lowest BCUT2D eigenvalue weighted by molar-refractivity contribution is -0.122. The monoisotopic (exact) mass is 415 g/mol. The first kappa shape index (κ1) is 20.2. The minimum atomic E-state index is -0.758. The highest BCUT2D eigenvalue weighted by molar-refractivity contribution is 6.39. The number of hydrogen-bond acceptors (Lipinski definition) is 4. The second kappa shape index (κ2) is 7.95. The van der Waals surface area contributed by atoms with Crippen LogP contribution in [-0.4, -0.2) is 29.5 Å². The predicted molar refractivity (Wildman–Crippen MR) is 117 cm³/mol. The van der Waals surface area contributed by atoms with Gasteiger partial charge in [-0.1, -0.05) is 6.07 Å². The molecule has 1 N–H and O–H groups in total. The molecule has 2 heterocycles. The van der Waals surface area contributed by atoms with Gasteiger partial charge in [0.25, 0.3) is 11.8 Å². The van der Waals surface area contributed by atoms with Crippen molar-refractivity contribution in [3.05, 3.63) is 83.2 Å². The Kier molecular flexibility index (Phi) is 5.17. The molecule has 1 fully saturated rings. The maximum absolute atomic E-state index is 13.0. The van der Waals surface area contributed by atoms with Crippen LogP contribution in [0.1, 0.15) is 16.7 Å². The third-order valence-electron chi connectivity index (χ3n) is 5.25. The van der Waals surface area contributed by atoms with Crippen LogP contribution >= 0.6 is 0 Å². The molecule has 156 valence electrons. The van der Waals surface area contributed by atoms with Crippen molar-refractivity contribution < 1.29 is 19.1 Å². The van der Waals surface area contributed by atoms with Gasteiger partial charge in [-0.15, -0.1) is 0 Å². The Bertz CT molecular complexity index is 1220. The molecule has 0 radical (unpaired) electrons. The maximum atomic E-state index is 13.0. The van der Waals surface area contributed by atoms with E-state index in [2.05, 4.69) is 5.32 Å². The van der Waals surface area contributed by atoms with Crippen molar-refractivity contribution >= 4 is 29.6 Å². The molecule has 4 amide bonds. The maximum Gasteiger partial charge on any atom is 0.335 e. The van der Waals surface area contributed by atoms with E-state index in [0.717, 1.165) is 27.5 Å². The fourth-order valence-electron chi connectivity index (χ4n) is 3.34. The predicted octanol–water partition coefficient (Wildman–Crippen LogP) is 3.77. The van der Waals surface area contributed by atoms with E-state index >= 15 is 0 Å². The van der Waals surface area contributed by atoms with Gasteiger partial charge in [0.2, 0.25) is 0 Å². The van der Waals surface area contributed by atoms with Gasteiger partial charge in [0.1, 0.15) is 11.3 Å². The van der Waals surface area contributed by atoms with E-state index < -0.39 is 17.8 Å². The fraction of sp³-hybridized carbons (Fsp3) is 0.125. The summed E-state index contributed by atoms with van der Waals surface area (Å²) in [6, 6.07) is 13.8. The van der Waals surface area contributed by atoms with E-state index in [1.54, 1.807) is 31.5 Å². The topological polar surface area (TPSA) is 80.6 Å². The Labute approximate surface area is 179 Å². The molecule has 0 unspecified atom stereocenters. The molecule has 4 rings (SSSR count). The van der Waals surface area contributed by atoms with Gasteiger partial charge >= 0.3 is 6.03 Å². The van der Waals surface area contributed by atoms with Gasteiger partial charge in [0, 0.05) is 18.1 Å². The molecule has 2 aromatic carbocycles. The quantitative estimate of drug-likeness (QED) is 0.520. The lowest BCUT2D eigenvalue weighted by Crippen LogP contribution is -2.54. The van der Waals surface area contributed by atoms with E-state index in [4.69, 9.17) is 4.74 Å². The number of aromatic nitrogens is 1. The summed E-state index contributed by atoms with van der Waals surface area (Å²) in [5.41, 5.74) is 3.85. The van der Waals surface area contributed by atoms with Crippen LogP contribution in [-0.2, 0) is 9.59 Å². The summed E-state index contributed by atoms with van der Waals surface area (Å²) in [5, 5.41) is 2.25. The highest BCUT2D eigenvalue weighted by Gasteiger charge is 2.36. The molecule has 0 bridgehead atoms. The smallest absolute Gasteiger partial charge is 0.335 e. The number of ether oxygens (including phenoxy) is 1. The second-order valence-corrected chi connectivity index (χ2v) is 7.28. The van der Waals surface area contributed by atoms with Crippen LogP contribution in [0.25, 0.3) is 11.8 Å². The molecule has 31 heavy (non-hydrogen) atoms. The van der Waals surface area contributed by atoms with Crippen LogP contribution in [0.5, 0.6) is 5.75 Å². The average Bonchev–Trinajstić information content (AvgIpc) is 3.22. The summed E-state index contributed by atoms with van der Waals surface area (Å²) in [6.45, 7) is 3.84. The van der Waals surface area contributed by atoms with Gasteiger partial charge in [-0.3, -0.25) is 14.9 Å². The first-order chi connectivity index (χ1) is 14.9. The molecular formula is C24H21N3O4. The third kappa shape index (κ3) is 3.85. The fourth-order valence-corrected chi connectivity index (χ4v) is 3.34. The Balaban J connectivity index is 1.65. The summed E-state index contributed by atoms with van der Waals surface area (Å²) >= 11 is 0. The normalized spacial score (nSPS) is 15.4. The number of carbonyl (C=O) groups excluding carboxylic acids is 3. The van der Waals surface area contributed by atoms with Gasteiger partial charge < -0.3 is 9.30 Å². The minimum absolute atomic E-state index is 0.106. The number of carbonyl (C=O) groups is 3. The Morgan fingerprint density at radius 3 is 2.29 bits per heavy atom. The SMILES string of the molecule is COc1ccc(-n2ccc(/C=C3/C(=O)NC(=O)N(c4ccc(C)c(C)c4)C3=O)c2)cc1. The van der Waals surface area contributed by atoms with Crippen LogP contribution in [0.15, 0.2) is 66.5 Å². The highest BCUT2D eigenvalue weighted by atomic mass is 16.5. The number of hydrogen-bond donors (Lipinski definition) is 1. The van der Waals surface area contributed by atoms with Crippen LogP contribution in [0.4, 0.5) is 10.5 Å². The van der Waals surface area contributed by atoms with E-state index in [1.165, 1.54) is 6.08 Å². The lowest BCUT2D eigenvalue weighted by Gasteiger charge is -2.26. The van der Waals surface area contributed by atoms with Crippen molar-refractivity contribution in [1.82, 2.24) is 9.88 Å². The first-order valence-electron chi connectivity index (χ1n) is 9.68. The van der Waals surface area contributed by atoms with Crippen molar-refractivity contribution in [2.75, 3.05) is 12.0 Å². The highest BCUT2D eigenvalue weighted by Crippen LogP contribution is 2.24.